The Bertz CT molecular complexity index is 528. The monoisotopic (exact) mass is 275 g/mol. The van der Waals surface area contributed by atoms with Crippen molar-refractivity contribution in [2.45, 2.75) is 27.3 Å². The van der Waals surface area contributed by atoms with Gasteiger partial charge in [-0.1, -0.05) is 6.07 Å². The van der Waals surface area contributed by atoms with Crippen LogP contribution in [0.4, 0.5) is 10.8 Å². The summed E-state index contributed by atoms with van der Waals surface area (Å²) in [4.78, 5) is 7.91. The van der Waals surface area contributed by atoms with E-state index in [1.807, 2.05) is 6.20 Å². The van der Waals surface area contributed by atoms with E-state index in [0.717, 1.165) is 18.2 Å². The molecule has 0 amide bonds. The van der Waals surface area contributed by atoms with Crippen molar-refractivity contribution >= 4 is 22.2 Å². The SMILES string of the molecule is CCNc1ncc(CN(C)c2cc(C)cc(C)c2)s1. The maximum atomic E-state index is 4.37. The molecule has 1 aromatic carbocycles. The topological polar surface area (TPSA) is 28.2 Å². The van der Waals surface area contributed by atoms with Gasteiger partial charge in [0, 0.05) is 30.4 Å². The van der Waals surface area contributed by atoms with Crippen molar-refractivity contribution in [3.8, 4) is 0 Å². The summed E-state index contributed by atoms with van der Waals surface area (Å²) < 4.78 is 0. The summed E-state index contributed by atoms with van der Waals surface area (Å²) in [6.07, 6.45) is 1.96. The van der Waals surface area contributed by atoms with E-state index in [1.54, 1.807) is 11.3 Å². The molecule has 0 saturated carbocycles. The number of hydrogen-bond donors (Lipinski definition) is 1. The lowest BCUT2D eigenvalue weighted by molar-refractivity contribution is 0.934. The van der Waals surface area contributed by atoms with Crippen molar-refractivity contribution in [1.82, 2.24) is 4.98 Å². The lowest BCUT2D eigenvalue weighted by Gasteiger charge is -2.19. The second-order valence-corrected chi connectivity index (χ2v) is 5.98. The fourth-order valence-corrected chi connectivity index (χ4v) is 3.04. The fraction of sp³-hybridized carbons (Fsp3) is 0.400. The van der Waals surface area contributed by atoms with Crippen LogP contribution in [0.25, 0.3) is 0 Å². The Hall–Kier alpha value is -1.55. The summed E-state index contributed by atoms with van der Waals surface area (Å²) in [5.41, 5.74) is 3.87. The molecule has 3 nitrogen and oxygen atoms in total. The average molecular weight is 275 g/mol. The lowest BCUT2D eigenvalue weighted by Crippen LogP contribution is -2.15. The fourth-order valence-electron chi connectivity index (χ4n) is 2.11. The number of hydrogen-bond acceptors (Lipinski definition) is 4. The molecule has 0 spiro atoms. The molecule has 2 aromatic rings. The van der Waals surface area contributed by atoms with Gasteiger partial charge in [-0.3, -0.25) is 0 Å². The number of thiazole rings is 1. The van der Waals surface area contributed by atoms with Gasteiger partial charge in [0.1, 0.15) is 0 Å². The molecule has 19 heavy (non-hydrogen) atoms. The molecule has 1 N–H and O–H groups in total. The molecule has 0 fully saturated rings. The van der Waals surface area contributed by atoms with E-state index in [1.165, 1.54) is 21.7 Å². The third kappa shape index (κ3) is 3.70. The third-order valence-corrected chi connectivity index (χ3v) is 3.86. The second-order valence-electron chi connectivity index (χ2n) is 4.86. The van der Waals surface area contributed by atoms with E-state index in [9.17, 15) is 0 Å². The Labute approximate surface area is 119 Å². The van der Waals surface area contributed by atoms with Gasteiger partial charge in [0.2, 0.25) is 0 Å². The summed E-state index contributed by atoms with van der Waals surface area (Å²) >= 11 is 1.72. The van der Waals surface area contributed by atoms with Crippen LogP contribution in [0.1, 0.15) is 22.9 Å². The molecule has 2 rings (SSSR count). The van der Waals surface area contributed by atoms with Gasteiger partial charge < -0.3 is 10.2 Å². The Kier molecular flexibility index (Phi) is 4.43. The van der Waals surface area contributed by atoms with E-state index in [4.69, 9.17) is 0 Å². The van der Waals surface area contributed by atoms with Gasteiger partial charge >= 0.3 is 0 Å². The molecule has 0 radical (unpaired) electrons. The highest BCUT2D eigenvalue weighted by Gasteiger charge is 2.06. The maximum Gasteiger partial charge on any atom is 0.182 e. The molecule has 4 heteroatoms. The van der Waals surface area contributed by atoms with Crippen LogP contribution < -0.4 is 10.2 Å². The number of rotatable bonds is 5. The van der Waals surface area contributed by atoms with Gasteiger partial charge in [0.15, 0.2) is 5.13 Å². The van der Waals surface area contributed by atoms with E-state index < -0.39 is 0 Å². The molecule has 1 aromatic heterocycles. The first-order valence-electron chi connectivity index (χ1n) is 6.56. The molecule has 0 aliphatic heterocycles. The quantitative estimate of drug-likeness (QED) is 0.899. The van der Waals surface area contributed by atoms with Crippen LogP contribution in [-0.4, -0.2) is 18.6 Å². The summed E-state index contributed by atoms with van der Waals surface area (Å²) in [7, 11) is 2.13. The minimum Gasteiger partial charge on any atom is -0.369 e. The van der Waals surface area contributed by atoms with E-state index in [0.29, 0.717) is 0 Å². The van der Waals surface area contributed by atoms with Gasteiger partial charge in [0.25, 0.3) is 0 Å². The number of benzene rings is 1. The Morgan fingerprint density at radius 2 is 1.89 bits per heavy atom. The van der Waals surface area contributed by atoms with Crippen LogP contribution in [0.3, 0.4) is 0 Å². The first kappa shape index (κ1) is 13.9. The predicted molar refractivity (Wildman–Crippen MR) is 84.3 cm³/mol. The zero-order valence-corrected chi connectivity index (χ0v) is 12.8. The molecule has 0 saturated heterocycles. The van der Waals surface area contributed by atoms with Crippen LogP contribution in [0, 0.1) is 13.8 Å². The lowest BCUT2D eigenvalue weighted by atomic mass is 10.1. The van der Waals surface area contributed by atoms with E-state index in [2.05, 4.69) is 61.2 Å². The Morgan fingerprint density at radius 1 is 1.21 bits per heavy atom. The van der Waals surface area contributed by atoms with Crippen molar-refractivity contribution in [2.24, 2.45) is 0 Å². The molecule has 1 heterocycles. The zero-order valence-electron chi connectivity index (χ0n) is 12.0. The summed E-state index contributed by atoms with van der Waals surface area (Å²) in [6, 6.07) is 6.64. The van der Waals surface area contributed by atoms with Crippen molar-refractivity contribution in [3.05, 3.63) is 40.4 Å². The van der Waals surface area contributed by atoms with Crippen LogP contribution in [-0.2, 0) is 6.54 Å². The highest BCUT2D eigenvalue weighted by Crippen LogP contribution is 2.23. The Morgan fingerprint density at radius 3 is 2.53 bits per heavy atom. The maximum absolute atomic E-state index is 4.37. The normalized spacial score (nSPS) is 10.5. The largest absolute Gasteiger partial charge is 0.369 e. The van der Waals surface area contributed by atoms with E-state index >= 15 is 0 Å². The average Bonchev–Trinajstić information content (AvgIpc) is 2.76. The van der Waals surface area contributed by atoms with Crippen LogP contribution >= 0.6 is 11.3 Å². The molecule has 0 aliphatic carbocycles. The standard InChI is InChI=1S/C15H21N3S/c1-5-16-15-17-9-14(19-15)10-18(4)13-7-11(2)6-12(3)8-13/h6-9H,5,10H2,1-4H3,(H,16,17). The highest BCUT2D eigenvalue weighted by molar-refractivity contribution is 7.15. The van der Waals surface area contributed by atoms with Crippen LogP contribution in [0.2, 0.25) is 0 Å². The molecular formula is C15H21N3S. The first-order valence-corrected chi connectivity index (χ1v) is 7.38. The molecule has 0 aliphatic rings. The van der Waals surface area contributed by atoms with Gasteiger partial charge in [-0.25, -0.2) is 4.98 Å². The van der Waals surface area contributed by atoms with Gasteiger partial charge in [-0.2, -0.15) is 0 Å². The summed E-state index contributed by atoms with van der Waals surface area (Å²) in [6.45, 7) is 8.18. The molecule has 0 atom stereocenters. The van der Waals surface area contributed by atoms with Gasteiger partial charge in [-0.05, 0) is 44.0 Å². The highest BCUT2D eigenvalue weighted by atomic mass is 32.1. The summed E-state index contributed by atoms with van der Waals surface area (Å²) in [5, 5.41) is 4.25. The van der Waals surface area contributed by atoms with Crippen molar-refractivity contribution in [3.63, 3.8) is 0 Å². The van der Waals surface area contributed by atoms with Crippen LogP contribution in [0.15, 0.2) is 24.4 Å². The van der Waals surface area contributed by atoms with Crippen molar-refractivity contribution in [2.75, 3.05) is 23.8 Å². The number of anilines is 2. The first-order chi connectivity index (χ1) is 9.08. The van der Waals surface area contributed by atoms with Crippen molar-refractivity contribution < 1.29 is 0 Å². The summed E-state index contributed by atoms with van der Waals surface area (Å²) in [5.74, 6) is 0. The van der Waals surface area contributed by atoms with Gasteiger partial charge in [-0.15, -0.1) is 11.3 Å². The van der Waals surface area contributed by atoms with Crippen LogP contribution in [0.5, 0.6) is 0 Å². The number of nitrogens with zero attached hydrogens (tertiary/aromatic N) is 2. The smallest absolute Gasteiger partial charge is 0.182 e. The van der Waals surface area contributed by atoms with E-state index in [-0.39, 0.29) is 0 Å². The van der Waals surface area contributed by atoms with Crippen molar-refractivity contribution in [1.29, 1.82) is 0 Å². The Balaban J connectivity index is 2.08. The number of nitrogens with one attached hydrogen (secondary N) is 1. The third-order valence-electron chi connectivity index (χ3n) is 2.92. The zero-order chi connectivity index (χ0) is 13.8. The molecule has 102 valence electrons. The molecule has 0 bridgehead atoms. The minimum atomic E-state index is 0.895. The molecular weight excluding hydrogens is 254 g/mol. The second kappa shape index (κ2) is 6.06. The molecule has 0 unspecified atom stereocenters. The van der Waals surface area contributed by atoms with Gasteiger partial charge in [0.05, 0.1) is 6.54 Å². The number of aromatic nitrogens is 1. The minimum absolute atomic E-state index is 0.895. The number of aryl methyl sites for hydroxylation is 2. The predicted octanol–water partition coefficient (Wildman–Crippen LogP) is 3.83.